The Labute approximate surface area is 215 Å². The first kappa shape index (κ1) is 27.9. The molecule has 0 aromatic heterocycles. The second-order valence-corrected chi connectivity index (χ2v) is 7.60. The molecule has 190 valence electrons. The highest BCUT2D eigenvalue weighted by molar-refractivity contribution is 7.80. The Morgan fingerprint density at radius 2 is 1.56 bits per heavy atom. The summed E-state index contributed by atoms with van der Waals surface area (Å²) in [7, 11) is 5.98. The Morgan fingerprint density at radius 1 is 0.889 bits per heavy atom. The van der Waals surface area contributed by atoms with Crippen molar-refractivity contribution in [2.24, 2.45) is 0 Å². The molecule has 10 heteroatoms. The number of carbonyl (C=O) groups is 2. The number of hydrogen-bond donors (Lipinski definition) is 3. The monoisotopic (exact) mass is 511 g/mol. The van der Waals surface area contributed by atoms with Crippen LogP contribution in [0.15, 0.2) is 84.0 Å². The molecule has 0 heterocycles. The number of anilines is 2. The van der Waals surface area contributed by atoms with Gasteiger partial charge in [-0.25, -0.2) is 0 Å². The number of benzene rings is 2. The summed E-state index contributed by atoms with van der Waals surface area (Å²) in [6.07, 6.45) is 4.38. The summed E-state index contributed by atoms with van der Waals surface area (Å²) in [5.74, 6) is 0.712. The summed E-state index contributed by atoms with van der Waals surface area (Å²) < 4.78 is 20.4. The lowest BCUT2D eigenvalue weighted by molar-refractivity contribution is -0.115. The summed E-state index contributed by atoms with van der Waals surface area (Å²) in [4.78, 5) is 25.4. The first-order valence-electron chi connectivity index (χ1n) is 10.7. The smallest absolute Gasteiger partial charge is 0.257 e. The number of carbonyl (C=O) groups excluding carboxylic acids is 2. The predicted octanol–water partition coefficient (Wildman–Crippen LogP) is 4.37. The molecule has 0 fully saturated rings. The molecule has 3 N–H and O–H groups in total. The van der Waals surface area contributed by atoms with Gasteiger partial charge in [0.2, 0.25) is 0 Å². The third kappa shape index (κ3) is 8.80. The van der Waals surface area contributed by atoms with Gasteiger partial charge in [-0.05, 0) is 73.8 Å². The molecule has 0 unspecified atom stereocenters. The zero-order chi connectivity index (χ0) is 26.5. The van der Waals surface area contributed by atoms with E-state index in [1.54, 1.807) is 62.6 Å². The maximum Gasteiger partial charge on any atom is 0.257 e. The summed E-state index contributed by atoms with van der Waals surface area (Å²) in [5, 5.41) is 8.44. The van der Waals surface area contributed by atoms with Crippen molar-refractivity contribution >= 4 is 40.5 Å². The van der Waals surface area contributed by atoms with Gasteiger partial charge in [-0.15, -0.1) is 0 Å². The zero-order valence-corrected chi connectivity index (χ0v) is 21.5. The van der Waals surface area contributed by atoms with Gasteiger partial charge in [0.25, 0.3) is 11.8 Å². The molecule has 9 nitrogen and oxygen atoms in total. The minimum Gasteiger partial charge on any atom is -0.501 e. The van der Waals surface area contributed by atoms with Gasteiger partial charge in [0.15, 0.2) is 10.9 Å². The Morgan fingerprint density at radius 3 is 2.14 bits per heavy atom. The number of hydrogen-bond acceptors (Lipinski definition) is 7. The van der Waals surface area contributed by atoms with E-state index in [-0.39, 0.29) is 16.6 Å². The Hall–Kier alpha value is -4.31. The maximum atomic E-state index is 12.9. The van der Waals surface area contributed by atoms with Crippen molar-refractivity contribution in [1.82, 2.24) is 5.32 Å². The highest BCUT2D eigenvalue weighted by Crippen LogP contribution is 2.18. The maximum absolute atomic E-state index is 12.9. The molecule has 0 aliphatic rings. The van der Waals surface area contributed by atoms with Crippen molar-refractivity contribution in [3.8, 4) is 5.75 Å². The normalized spacial score (nSPS) is 11.8. The van der Waals surface area contributed by atoms with Gasteiger partial charge in [0, 0.05) is 22.5 Å². The lowest BCUT2D eigenvalue weighted by Crippen LogP contribution is -2.35. The quantitative estimate of drug-likeness (QED) is 0.187. The molecule has 0 saturated carbocycles. The van der Waals surface area contributed by atoms with Crippen LogP contribution < -0.4 is 20.7 Å². The van der Waals surface area contributed by atoms with Crippen LogP contribution in [0.4, 0.5) is 11.4 Å². The van der Waals surface area contributed by atoms with E-state index >= 15 is 0 Å². The Balaban J connectivity index is 2.10. The van der Waals surface area contributed by atoms with Gasteiger partial charge in [-0.1, -0.05) is 6.07 Å². The van der Waals surface area contributed by atoms with E-state index in [0.29, 0.717) is 34.2 Å². The van der Waals surface area contributed by atoms with Crippen molar-refractivity contribution in [3.63, 3.8) is 0 Å². The second-order valence-electron chi connectivity index (χ2n) is 7.19. The SMILES string of the molecule is CO/C=C(/C=C(\C=C(/C)OC)C(=O)NC(=S)Nc1cccc(NC(=O)c2ccc(OC)cc2)c1)OC. The van der Waals surface area contributed by atoms with Crippen LogP contribution in [0.25, 0.3) is 0 Å². The highest BCUT2D eigenvalue weighted by atomic mass is 32.1. The van der Waals surface area contributed by atoms with Crippen LogP contribution in [0.1, 0.15) is 17.3 Å². The molecule has 0 aliphatic carbocycles. The van der Waals surface area contributed by atoms with Crippen molar-refractivity contribution in [1.29, 1.82) is 0 Å². The van der Waals surface area contributed by atoms with E-state index in [1.807, 2.05) is 0 Å². The number of rotatable bonds is 10. The molecule has 2 amide bonds. The zero-order valence-electron chi connectivity index (χ0n) is 20.7. The van der Waals surface area contributed by atoms with Crippen LogP contribution in [-0.2, 0) is 19.0 Å². The van der Waals surface area contributed by atoms with Crippen molar-refractivity contribution in [2.75, 3.05) is 39.1 Å². The highest BCUT2D eigenvalue weighted by Gasteiger charge is 2.13. The number of thiocarbonyl (C=S) groups is 1. The summed E-state index contributed by atoms with van der Waals surface area (Å²) in [6, 6.07) is 13.7. The van der Waals surface area contributed by atoms with Crippen LogP contribution in [0, 0.1) is 0 Å². The molecule has 36 heavy (non-hydrogen) atoms. The van der Waals surface area contributed by atoms with Crippen LogP contribution in [0.5, 0.6) is 5.75 Å². The lowest BCUT2D eigenvalue weighted by Gasteiger charge is -2.12. The molecular formula is C26H29N3O6S. The van der Waals surface area contributed by atoms with Crippen LogP contribution in [-0.4, -0.2) is 45.4 Å². The lowest BCUT2D eigenvalue weighted by atomic mass is 10.2. The molecule has 0 aliphatic heterocycles. The largest absolute Gasteiger partial charge is 0.501 e. The van der Waals surface area contributed by atoms with E-state index in [4.69, 9.17) is 31.2 Å². The third-order valence-corrected chi connectivity index (χ3v) is 4.87. The third-order valence-electron chi connectivity index (χ3n) is 4.67. The average molecular weight is 512 g/mol. The van der Waals surface area contributed by atoms with E-state index in [1.165, 1.54) is 39.7 Å². The van der Waals surface area contributed by atoms with Crippen molar-refractivity contribution in [3.05, 3.63) is 89.6 Å². The van der Waals surface area contributed by atoms with E-state index in [2.05, 4.69) is 16.0 Å². The minimum atomic E-state index is -0.494. The van der Waals surface area contributed by atoms with E-state index in [9.17, 15) is 9.59 Å². The summed E-state index contributed by atoms with van der Waals surface area (Å²) in [5.41, 5.74) is 1.82. The predicted molar refractivity (Wildman–Crippen MR) is 143 cm³/mol. The number of nitrogens with one attached hydrogen (secondary N) is 3. The number of ether oxygens (including phenoxy) is 4. The minimum absolute atomic E-state index is 0.0580. The molecule has 0 bridgehead atoms. The van der Waals surface area contributed by atoms with E-state index < -0.39 is 5.91 Å². The fourth-order valence-electron chi connectivity index (χ4n) is 2.82. The van der Waals surface area contributed by atoms with Gasteiger partial charge in [0.1, 0.15) is 12.0 Å². The van der Waals surface area contributed by atoms with Gasteiger partial charge in [0.05, 0.1) is 34.2 Å². The summed E-state index contributed by atoms with van der Waals surface area (Å²) >= 11 is 5.31. The van der Waals surface area contributed by atoms with Crippen molar-refractivity contribution < 1.29 is 28.5 Å². The fraction of sp³-hybridized carbons (Fsp3) is 0.192. The topological polar surface area (TPSA) is 107 Å². The van der Waals surface area contributed by atoms with Crippen molar-refractivity contribution in [2.45, 2.75) is 6.92 Å². The standard InChI is InChI=1S/C26H29N3O6S/c1-17(33-3)13-19(14-23(35-5)16-32-2)25(31)29-26(36)28-21-8-6-7-20(15-21)27-24(30)18-9-11-22(34-4)12-10-18/h6-16H,1-5H3,(H,27,30)(H2,28,29,31,36)/b17-13+,19-14+,23-16-. The first-order chi connectivity index (χ1) is 17.3. The van der Waals surface area contributed by atoms with Gasteiger partial charge in [-0.3, -0.25) is 14.9 Å². The molecule has 2 aromatic carbocycles. The summed E-state index contributed by atoms with van der Waals surface area (Å²) in [6.45, 7) is 1.70. The van der Waals surface area contributed by atoms with Gasteiger partial charge >= 0.3 is 0 Å². The number of allylic oxidation sites excluding steroid dienone is 2. The fourth-order valence-corrected chi connectivity index (χ4v) is 3.03. The average Bonchev–Trinajstić information content (AvgIpc) is 2.87. The van der Waals surface area contributed by atoms with Gasteiger partial charge in [-0.2, -0.15) is 0 Å². The number of methoxy groups -OCH3 is 4. The molecule has 2 aromatic rings. The molecule has 0 radical (unpaired) electrons. The molecular weight excluding hydrogens is 482 g/mol. The van der Waals surface area contributed by atoms with Crippen LogP contribution >= 0.6 is 12.2 Å². The molecule has 0 spiro atoms. The molecule has 0 saturated heterocycles. The van der Waals surface area contributed by atoms with Gasteiger partial charge < -0.3 is 29.6 Å². The van der Waals surface area contributed by atoms with Crippen LogP contribution in [0.2, 0.25) is 0 Å². The number of amides is 2. The molecule has 0 atom stereocenters. The Bertz CT molecular complexity index is 1170. The second kappa shape index (κ2) is 14.2. The van der Waals surface area contributed by atoms with E-state index in [0.717, 1.165) is 0 Å². The molecule has 2 rings (SSSR count). The van der Waals surface area contributed by atoms with Crippen LogP contribution in [0.3, 0.4) is 0 Å². The Kier molecular flexibility index (Phi) is 11.0. The first-order valence-corrected chi connectivity index (χ1v) is 11.1.